The molecule has 12 heavy (non-hydrogen) atoms. The van der Waals surface area contributed by atoms with E-state index in [2.05, 4.69) is 27.7 Å². The number of hydrogen-bond acceptors (Lipinski definition) is 0. The summed E-state index contributed by atoms with van der Waals surface area (Å²) in [5, 5.41) is 0. The second kappa shape index (κ2) is 4.30. The molecule has 72 valence electrons. The van der Waals surface area contributed by atoms with Crippen LogP contribution in [0.3, 0.4) is 0 Å². The summed E-state index contributed by atoms with van der Waals surface area (Å²) < 4.78 is 0. The van der Waals surface area contributed by atoms with Gasteiger partial charge in [0, 0.05) is 0 Å². The Labute approximate surface area is 77.7 Å². The largest absolute Gasteiger partial charge is 0.0628 e. The highest BCUT2D eigenvalue weighted by atomic mass is 14.3. The van der Waals surface area contributed by atoms with E-state index in [-0.39, 0.29) is 0 Å². The Morgan fingerprint density at radius 3 is 2.00 bits per heavy atom. The zero-order valence-electron chi connectivity index (χ0n) is 9.14. The van der Waals surface area contributed by atoms with Crippen LogP contribution in [0.1, 0.15) is 53.4 Å². The molecule has 0 N–H and O–H groups in total. The van der Waals surface area contributed by atoms with Gasteiger partial charge >= 0.3 is 0 Å². The van der Waals surface area contributed by atoms with Gasteiger partial charge in [-0.05, 0) is 30.1 Å². The highest BCUT2D eigenvalue weighted by Gasteiger charge is 2.27. The fourth-order valence-electron chi connectivity index (χ4n) is 2.76. The van der Waals surface area contributed by atoms with E-state index in [1.54, 1.807) is 0 Å². The molecule has 0 bridgehead atoms. The van der Waals surface area contributed by atoms with Gasteiger partial charge in [-0.25, -0.2) is 0 Å². The van der Waals surface area contributed by atoms with E-state index < -0.39 is 0 Å². The maximum Gasteiger partial charge on any atom is -0.0360 e. The van der Waals surface area contributed by atoms with Gasteiger partial charge in [0.25, 0.3) is 0 Å². The van der Waals surface area contributed by atoms with E-state index in [9.17, 15) is 0 Å². The van der Waals surface area contributed by atoms with Crippen molar-refractivity contribution >= 4 is 0 Å². The van der Waals surface area contributed by atoms with Crippen LogP contribution in [-0.4, -0.2) is 0 Å². The van der Waals surface area contributed by atoms with E-state index >= 15 is 0 Å². The predicted molar refractivity (Wildman–Crippen MR) is 55.1 cm³/mol. The maximum atomic E-state index is 2.45. The fourth-order valence-corrected chi connectivity index (χ4v) is 2.76. The first-order valence-corrected chi connectivity index (χ1v) is 5.61. The van der Waals surface area contributed by atoms with Gasteiger partial charge in [-0.1, -0.05) is 47.0 Å². The molecule has 0 aliphatic heterocycles. The minimum Gasteiger partial charge on any atom is -0.0628 e. The van der Waals surface area contributed by atoms with Gasteiger partial charge in [-0.3, -0.25) is 0 Å². The van der Waals surface area contributed by atoms with E-state index in [0.29, 0.717) is 0 Å². The lowest BCUT2D eigenvalue weighted by atomic mass is 9.70. The molecule has 0 heteroatoms. The number of hydrogen-bond donors (Lipinski definition) is 0. The lowest BCUT2D eigenvalue weighted by Gasteiger charge is -2.35. The average Bonchev–Trinajstić information content (AvgIpc) is 1.97. The molecular weight excluding hydrogens is 144 g/mol. The molecule has 0 aromatic carbocycles. The molecule has 0 heterocycles. The van der Waals surface area contributed by atoms with Crippen LogP contribution in [0.25, 0.3) is 0 Å². The quantitative estimate of drug-likeness (QED) is 0.582. The van der Waals surface area contributed by atoms with Gasteiger partial charge in [0.1, 0.15) is 0 Å². The van der Waals surface area contributed by atoms with Crippen molar-refractivity contribution in [1.82, 2.24) is 0 Å². The van der Waals surface area contributed by atoms with Crippen molar-refractivity contribution in [2.24, 2.45) is 23.7 Å². The molecule has 1 saturated carbocycles. The van der Waals surface area contributed by atoms with Gasteiger partial charge in [0.05, 0.1) is 0 Å². The van der Waals surface area contributed by atoms with Crippen LogP contribution in [0.15, 0.2) is 0 Å². The Balaban J connectivity index is 2.45. The Kier molecular flexibility index (Phi) is 3.61. The molecule has 0 radical (unpaired) electrons. The fraction of sp³-hybridized carbons (Fsp3) is 1.00. The molecule has 2 unspecified atom stereocenters. The van der Waals surface area contributed by atoms with Crippen molar-refractivity contribution in [3.05, 3.63) is 0 Å². The summed E-state index contributed by atoms with van der Waals surface area (Å²) in [7, 11) is 0. The first-order valence-electron chi connectivity index (χ1n) is 5.61. The summed E-state index contributed by atoms with van der Waals surface area (Å²) in [6.45, 7) is 9.60. The predicted octanol–water partition coefficient (Wildman–Crippen LogP) is 4.10. The normalized spacial score (nSPS) is 37.2. The van der Waals surface area contributed by atoms with Gasteiger partial charge in [-0.2, -0.15) is 0 Å². The lowest BCUT2D eigenvalue weighted by molar-refractivity contribution is 0.152. The van der Waals surface area contributed by atoms with Gasteiger partial charge in [-0.15, -0.1) is 0 Å². The zero-order valence-corrected chi connectivity index (χ0v) is 9.14. The Morgan fingerprint density at radius 1 is 1.08 bits per heavy atom. The highest BCUT2D eigenvalue weighted by Crippen LogP contribution is 2.37. The molecule has 1 rings (SSSR count). The first kappa shape index (κ1) is 10.1. The molecule has 1 fully saturated rings. The van der Waals surface area contributed by atoms with Crippen molar-refractivity contribution in [3.63, 3.8) is 0 Å². The third kappa shape index (κ3) is 2.50. The van der Waals surface area contributed by atoms with Crippen LogP contribution in [0.4, 0.5) is 0 Å². The Bertz CT molecular complexity index is 116. The standard InChI is InChI=1S/C12H24/c1-9(2)8-12-10(3)6-5-7-11(12)4/h9-12H,5-8H2,1-4H3. The van der Waals surface area contributed by atoms with Crippen LogP contribution >= 0.6 is 0 Å². The van der Waals surface area contributed by atoms with Crippen molar-refractivity contribution in [2.75, 3.05) is 0 Å². The summed E-state index contributed by atoms with van der Waals surface area (Å²) in [6, 6.07) is 0. The van der Waals surface area contributed by atoms with Crippen LogP contribution in [-0.2, 0) is 0 Å². The molecule has 2 atom stereocenters. The second-order valence-electron chi connectivity index (χ2n) is 5.18. The summed E-state index contributed by atoms with van der Waals surface area (Å²) in [5.41, 5.74) is 0. The summed E-state index contributed by atoms with van der Waals surface area (Å²) in [4.78, 5) is 0. The number of rotatable bonds is 2. The van der Waals surface area contributed by atoms with Crippen LogP contribution < -0.4 is 0 Å². The monoisotopic (exact) mass is 168 g/mol. The Hall–Kier alpha value is 0. The highest BCUT2D eigenvalue weighted by molar-refractivity contribution is 4.78. The SMILES string of the molecule is CC(C)CC1C(C)CCCC1C. The van der Waals surface area contributed by atoms with E-state index in [4.69, 9.17) is 0 Å². The molecule has 0 nitrogen and oxygen atoms in total. The van der Waals surface area contributed by atoms with Crippen molar-refractivity contribution in [1.29, 1.82) is 0 Å². The summed E-state index contributed by atoms with van der Waals surface area (Å²) in [6.07, 6.45) is 5.86. The molecule has 0 spiro atoms. The minimum absolute atomic E-state index is 0.887. The van der Waals surface area contributed by atoms with Crippen molar-refractivity contribution in [2.45, 2.75) is 53.4 Å². The topological polar surface area (TPSA) is 0 Å². The molecule has 0 saturated heterocycles. The molecule has 1 aliphatic carbocycles. The van der Waals surface area contributed by atoms with E-state index in [1.165, 1.54) is 25.7 Å². The summed E-state index contributed by atoms with van der Waals surface area (Å²) in [5.74, 6) is 3.86. The molecular formula is C12H24. The third-order valence-corrected chi connectivity index (χ3v) is 3.52. The summed E-state index contributed by atoms with van der Waals surface area (Å²) >= 11 is 0. The zero-order chi connectivity index (χ0) is 9.14. The molecule has 0 aromatic rings. The minimum atomic E-state index is 0.887. The van der Waals surface area contributed by atoms with Crippen LogP contribution in [0, 0.1) is 23.7 Å². The van der Waals surface area contributed by atoms with Gasteiger partial charge in [0.2, 0.25) is 0 Å². The van der Waals surface area contributed by atoms with Crippen molar-refractivity contribution in [3.8, 4) is 0 Å². The lowest BCUT2D eigenvalue weighted by Crippen LogP contribution is -2.25. The third-order valence-electron chi connectivity index (χ3n) is 3.52. The van der Waals surface area contributed by atoms with E-state index in [1.807, 2.05) is 0 Å². The van der Waals surface area contributed by atoms with Gasteiger partial charge in [0.15, 0.2) is 0 Å². The van der Waals surface area contributed by atoms with Crippen molar-refractivity contribution < 1.29 is 0 Å². The molecule has 0 amide bonds. The smallest absolute Gasteiger partial charge is 0.0360 e. The maximum absolute atomic E-state index is 2.45. The molecule has 1 aliphatic rings. The Morgan fingerprint density at radius 2 is 1.58 bits per heavy atom. The van der Waals surface area contributed by atoms with Crippen LogP contribution in [0.5, 0.6) is 0 Å². The van der Waals surface area contributed by atoms with E-state index in [0.717, 1.165) is 23.7 Å². The average molecular weight is 168 g/mol. The van der Waals surface area contributed by atoms with Crippen LogP contribution in [0.2, 0.25) is 0 Å². The first-order chi connectivity index (χ1) is 5.61. The molecule has 0 aromatic heterocycles. The second-order valence-corrected chi connectivity index (χ2v) is 5.18. The van der Waals surface area contributed by atoms with Gasteiger partial charge < -0.3 is 0 Å².